The first-order chi connectivity index (χ1) is 20.9. The summed E-state index contributed by atoms with van der Waals surface area (Å²) in [6, 6.07) is 14.9. The van der Waals surface area contributed by atoms with Crippen molar-refractivity contribution in [3.05, 3.63) is 117 Å². The van der Waals surface area contributed by atoms with Crippen LogP contribution in [0.15, 0.2) is 76.7 Å². The zero-order valence-corrected chi connectivity index (χ0v) is 24.3. The van der Waals surface area contributed by atoms with Crippen molar-refractivity contribution in [3.8, 4) is 22.8 Å². The molecule has 1 unspecified atom stereocenters. The van der Waals surface area contributed by atoms with Crippen LogP contribution >= 0.6 is 0 Å². The van der Waals surface area contributed by atoms with E-state index in [2.05, 4.69) is 5.16 Å². The predicted octanol–water partition coefficient (Wildman–Crippen LogP) is 7.48. The van der Waals surface area contributed by atoms with E-state index in [4.69, 9.17) is 14.3 Å². The molecule has 0 aliphatic carbocycles. The van der Waals surface area contributed by atoms with Crippen molar-refractivity contribution in [2.45, 2.75) is 45.5 Å². The molecule has 1 aliphatic rings. The zero-order valence-electron chi connectivity index (χ0n) is 24.3. The Bertz CT molecular complexity index is 1780. The minimum Gasteiger partial charge on any atom is -0.488 e. The number of benzene rings is 3. The van der Waals surface area contributed by atoms with E-state index < -0.39 is 47.0 Å². The van der Waals surface area contributed by atoms with Crippen molar-refractivity contribution in [3.63, 3.8) is 0 Å². The van der Waals surface area contributed by atoms with Gasteiger partial charge in [0.15, 0.2) is 11.6 Å². The van der Waals surface area contributed by atoms with Crippen LogP contribution in [0.5, 0.6) is 11.6 Å². The molecule has 0 saturated carbocycles. The number of hydrogen-bond acceptors (Lipinski definition) is 5. The molecule has 11 heteroatoms. The van der Waals surface area contributed by atoms with Crippen LogP contribution < -0.4 is 15.0 Å². The maximum absolute atomic E-state index is 16.0. The maximum Gasteiger partial charge on any atom is 0.416 e. The smallest absolute Gasteiger partial charge is 0.416 e. The van der Waals surface area contributed by atoms with Crippen molar-refractivity contribution in [2.24, 2.45) is 5.16 Å². The maximum atomic E-state index is 16.0. The van der Waals surface area contributed by atoms with Gasteiger partial charge in [0.1, 0.15) is 31.3 Å². The van der Waals surface area contributed by atoms with Crippen molar-refractivity contribution >= 4 is 5.71 Å². The van der Waals surface area contributed by atoms with E-state index >= 15 is 8.78 Å². The average Bonchev–Trinajstić information content (AvgIpc) is 3.41. The molecular weight excluding hydrogens is 583 g/mol. The lowest BCUT2D eigenvalue weighted by molar-refractivity contribution is -0.138. The molecule has 6 nitrogen and oxygen atoms in total. The van der Waals surface area contributed by atoms with Gasteiger partial charge in [0.25, 0.3) is 5.56 Å². The molecule has 3 aromatic carbocycles. The molecule has 0 N–H and O–H groups in total. The van der Waals surface area contributed by atoms with Gasteiger partial charge < -0.3 is 14.3 Å². The third-order valence-corrected chi connectivity index (χ3v) is 7.37. The quantitative estimate of drug-likeness (QED) is 0.118. The molecule has 44 heavy (non-hydrogen) atoms. The number of hydrogen-bond donors (Lipinski definition) is 0. The van der Waals surface area contributed by atoms with Crippen LogP contribution in [-0.2, 0) is 17.4 Å². The monoisotopic (exact) mass is 612 g/mol. The molecule has 2 heterocycles. The van der Waals surface area contributed by atoms with Gasteiger partial charge in [-0.25, -0.2) is 8.78 Å². The third kappa shape index (κ3) is 5.66. The van der Waals surface area contributed by atoms with Gasteiger partial charge in [-0.2, -0.15) is 13.2 Å². The highest BCUT2D eigenvalue weighted by Crippen LogP contribution is 2.41. The van der Waals surface area contributed by atoms with Crippen LogP contribution in [0.1, 0.15) is 47.7 Å². The van der Waals surface area contributed by atoms with E-state index in [0.29, 0.717) is 11.3 Å². The van der Waals surface area contributed by atoms with Gasteiger partial charge in [-0.1, -0.05) is 53.7 Å². The highest BCUT2D eigenvalue weighted by atomic mass is 19.4. The molecule has 1 aromatic heterocycles. The lowest BCUT2D eigenvalue weighted by Crippen LogP contribution is -2.31. The zero-order chi connectivity index (χ0) is 31.8. The Morgan fingerprint density at radius 3 is 2.39 bits per heavy atom. The van der Waals surface area contributed by atoms with Gasteiger partial charge in [-0.3, -0.25) is 9.36 Å². The van der Waals surface area contributed by atoms with Crippen molar-refractivity contribution < 1.29 is 36.3 Å². The molecule has 1 atom stereocenters. The summed E-state index contributed by atoms with van der Waals surface area (Å²) in [5, 5.41) is 4.15. The Morgan fingerprint density at radius 1 is 1.02 bits per heavy atom. The number of aromatic nitrogens is 1. The predicted molar refractivity (Wildman–Crippen MR) is 155 cm³/mol. The Morgan fingerprint density at radius 2 is 1.73 bits per heavy atom. The van der Waals surface area contributed by atoms with Crippen molar-refractivity contribution in [1.29, 1.82) is 0 Å². The van der Waals surface area contributed by atoms with E-state index in [-0.39, 0.29) is 46.6 Å². The summed E-state index contributed by atoms with van der Waals surface area (Å²) < 4.78 is 85.9. The van der Waals surface area contributed by atoms with Gasteiger partial charge >= 0.3 is 6.18 Å². The van der Waals surface area contributed by atoms with Crippen LogP contribution in [-0.4, -0.2) is 30.1 Å². The van der Waals surface area contributed by atoms with Gasteiger partial charge in [0, 0.05) is 28.7 Å². The summed E-state index contributed by atoms with van der Waals surface area (Å²) in [5.41, 5.74) is -1.58. The summed E-state index contributed by atoms with van der Waals surface area (Å²) in [6.07, 6.45) is -5.82. The fraction of sp³-hybridized carbons (Fsp3) is 0.273. The molecule has 1 aliphatic heterocycles. The first-order valence-corrected chi connectivity index (χ1v) is 13.8. The molecule has 4 aromatic rings. The first kappa shape index (κ1) is 30.8. The van der Waals surface area contributed by atoms with Gasteiger partial charge in [0.05, 0.1) is 17.2 Å². The van der Waals surface area contributed by atoms with E-state index in [1.54, 1.807) is 44.2 Å². The Kier molecular flexibility index (Phi) is 8.49. The molecule has 0 radical (unpaired) electrons. The normalized spacial score (nSPS) is 14.9. The summed E-state index contributed by atoms with van der Waals surface area (Å²) in [6.45, 7) is 4.78. The van der Waals surface area contributed by atoms with Crippen LogP contribution in [0.2, 0.25) is 0 Å². The molecule has 0 amide bonds. The van der Waals surface area contributed by atoms with E-state index in [1.807, 2.05) is 0 Å². The standard InChI is InChI=1S/C33H29F5N2O4/c1-18(2)44-27-15-8-12-21(29(27)35)28-19(3)22(16-23-24(33(36,37)38)13-9-14-25(23)34)32-40(31(28)41)26(17-43-32)30(39-42-4)20-10-6-5-7-11-20/h5-15,18,26H,16-17H2,1-4H3/b39-30+. The minimum absolute atomic E-state index is 0.0626. The number of fused-ring (bicyclic) bond motifs is 1. The Balaban J connectivity index is 1.82. The average molecular weight is 613 g/mol. The number of alkyl halides is 3. The number of halogens is 5. The molecule has 0 bridgehead atoms. The van der Waals surface area contributed by atoms with Crippen LogP contribution in [0.4, 0.5) is 22.0 Å². The second-order valence-electron chi connectivity index (χ2n) is 10.5. The van der Waals surface area contributed by atoms with Gasteiger partial charge in [-0.15, -0.1) is 0 Å². The molecule has 0 saturated heterocycles. The molecule has 230 valence electrons. The second-order valence-corrected chi connectivity index (χ2v) is 10.5. The minimum atomic E-state index is -4.85. The number of nitrogens with zero attached hydrogens (tertiary/aromatic N) is 2. The largest absolute Gasteiger partial charge is 0.488 e. The number of rotatable bonds is 8. The lowest BCUT2D eigenvalue weighted by Gasteiger charge is -2.21. The summed E-state index contributed by atoms with van der Waals surface area (Å²) in [4.78, 5) is 19.4. The van der Waals surface area contributed by atoms with Crippen LogP contribution in [0, 0.1) is 18.6 Å². The van der Waals surface area contributed by atoms with E-state index in [9.17, 15) is 18.0 Å². The fourth-order valence-electron chi connectivity index (χ4n) is 5.47. The number of ether oxygens (including phenoxy) is 2. The van der Waals surface area contributed by atoms with Crippen molar-refractivity contribution in [1.82, 2.24) is 4.57 Å². The van der Waals surface area contributed by atoms with Crippen molar-refractivity contribution in [2.75, 3.05) is 13.7 Å². The third-order valence-electron chi connectivity index (χ3n) is 7.37. The molecular formula is C33H29F5N2O4. The number of pyridine rings is 1. The fourth-order valence-corrected chi connectivity index (χ4v) is 5.47. The Hall–Kier alpha value is -4.67. The Labute approximate surface area is 250 Å². The second kappa shape index (κ2) is 12.1. The van der Waals surface area contributed by atoms with E-state index in [1.165, 1.54) is 36.8 Å². The lowest BCUT2D eigenvalue weighted by atomic mass is 9.91. The summed E-state index contributed by atoms with van der Waals surface area (Å²) in [7, 11) is 1.33. The highest BCUT2D eigenvalue weighted by Gasteiger charge is 2.38. The first-order valence-electron chi connectivity index (χ1n) is 13.8. The topological polar surface area (TPSA) is 62.0 Å². The highest BCUT2D eigenvalue weighted by molar-refractivity contribution is 6.03. The van der Waals surface area contributed by atoms with Gasteiger partial charge in [-0.05, 0) is 44.5 Å². The van der Waals surface area contributed by atoms with E-state index in [0.717, 1.165) is 18.2 Å². The SMILES string of the molecule is CO/N=C(\c1ccccc1)C1COc2c(Cc3c(F)cccc3C(F)(F)F)c(C)c(-c3cccc(OC(C)C)c3F)c(=O)n21. The van der Waals surface area contributed by atoms with Crippen LogP contribution in [0.25, 0.3) is 11.1 Å². The molecule has 5 rings (SSSR count). The summed E-state index contributed by atoms with van der Waals surface area (Å²) >= 11 is 0. The van der Waals surface area contributed by atoms with Gasteiger partial charge in [0.2, 0.25) is 5.88 Å². The van der Waals surface area contributed by atoms with Crippen LogP contribution in [0.3, 0.4) is 0 Å². The molecule has 0 fully saturated rings. The molecule has 0 spiro atoms. The summed E-state index contributed by atoms with van der Waals surface area (Å²) in [5.74, 6) is -2.06. The number of oxime groups is 1.